The van der Waals surface area contributed by atoms with Gasteiger partial charge in [0.1, 0.15) is 12.1 Å². The maximum absolute atomic E-state index is 13.4. The number of nitrogens with one attached hydrogen (secondary N) is 1. The summed E-state index contributed by atoms with van der Waals surface area (Å²) in [5, 5.41) is 7.44. The Morgan fingerprint density at radius 1 is 1.06 bits per heavy atom. The third-order valence-corrected chi connectivity index (χ3v) is 5.84. The molecule has 1 N–H and O–H groups in total. The summed E-state index contributed by atoms with van der Waals surface area (Å²) < 4.78 is 6.82. The molecule has 1 amide bonds. The maximum atomic E-state index is 13.4. The van der Waals surface area contributed by atoms with E-state index in [0.29, 0.717) is 27.7 Å². The number of aryl methyl sites for hydroxylation is 3. The summed E-state index contributed by atoms with van der Waals surface area (Å²) >= 11 is 6.05. The summed E-state index contributed by atoms with van der Waals surface area (Å²) in [6.45, 7) is 7.37. The highest BCUT2D eigenvalue weighted by Crippen LogP contribution is 2.25. The van der Waals surface area contributed by atoms with Crippen LogP contribution in [-0.4, -0.2) is 20.6 Å². The molecule has 0 aliphatic carbocycles. The largest absolute Gasteiger partial charge is 0.333 e. The van der Waals surface area contributed by atoms with Crippen LogP contribution in [0.4, 0.5) is 5.69 Å². The van der Waals surface area contributed by atoms with Crippen molar-refractivity contribution in [2.75, 3.05) is 5.32 Å². The van der Waals surface area contributed by atoms with Crippen LogP contribution < -0.4 is 10.9 Å². The molecule has 0 saturated heterocycles. The third-order valence-electron chi connectivity index (χ3n) is 5.61. The number of carbonyl (C=O) groups excluding carboxylic acids is 1. The van der Waals surface area contributed by atoms with Crippen LogP contribution in [0.1, 0.15) is 22.4 Å². The molecule has 8 heteroatoms. The van der Waals surface area contributed by atoms with Crippen molar-refractivity contribution in [3.05, 3.63) is 86.3 Å². The molecule has 0 bridgehead atoms. The van der Waals surface area contributed by atoms with Crippen molar-refractivity contribution in [1.82, 2.24) is 14.7 Å². The first-order valence-electron chi connectivity index (χ1n) is 10.4. The maximum Gasteiger partial charge on any atom is 0.264 e. The zero-order chi connectivity index (χ0) is 23.7. The third kappa shape index (κ3) is 4.59. The first-order valence-corrected chi connectivity index (χ1v) is 10.8. The molecule has 0 radical (unpaired) electrons. The summed E-state index contributed by atoms with van der Waals surface area (Å²) in [5.74, 6) is 0.121. The van der Waals surface area contributed by atoms with Gasteiger partial charge in [-0.1, -0.05) is 41.0 Å². The van der Waals surface area contributed by atoms with E-state index in [4.69, 9.17) is 16.1 Å². The summed E-state index contributed by atoms with van der Waals surface area (Å²) in [7, 11) is 0. The van der Waals surface area contributed by atoms with Crippen LogP contribution in [0.5, 0.6) is 0 Å². The van der Waals surface area contributed by atoms with Crippen molar-refractivity contribution in [3.8, 4) is 22.8 Å². The lowest BCUT2D eigenvalue weighted by Gasteiger charge is -2.14. The molecule has 33 heavy (non-hydrogen) atoms. The topological polar surface area (TPSA) is 90.0 Å². The van der Waals surface area contributed by atoms with E-state index in [1.165, 1.54) is 4.57 Å². The SMILES string of the molecule is Cc1cccc(NC(=O)Cn2c(C)cc(C)c(-c3nc(-c4cccc(Cl)c4)no3)c2=O)c1C. The zero-order valence-electron chi connectivity index (χ0n) is 18.8. The lowest BCUT2D eigenvalue weighted by Crippen LogP contribution is -2.31. The monoisotopic (exact) mass is 462 g/mol. The predicted molar refractivity (Wildman–Crippen MR) is 128 cm³/mol. The zero-order valence-corrected chi connectivity index (χ0v) is 19.5. The van der Waals surface area contributed by atoms with Crippen LogP contribution in [0.15, 0.2) is 57.8 Å². The molecule has 2 aromatic heterocycles. The lowest BCUT2D eigenvalue weighted by molar-refractivity contribution is -0.116. The second kappa shape index (κ2) is 9.03. The van der Waals surface area contributed by atoms with Gasteiger partial charge in [-0.25, -0.2) is 0 Å². The second-order valence-corrected chi connectivity index (χ2v) is 8.40. The van der Waals surface area contributed by atoms with Gasteiger partial charge in [-0.15, -0.1) is 0 Å². The molecule has 0 spiro atoms. The first-order chi connectivity index (χ1) is 15.7. The van der Waals surface area contributed by atoms with E-state index in [1.807, 2.05) is 38.1 Å². The van der Waals surface area contributed by atoms with Crippen molar-refractivity contribution in [3.63, 3.8) is 0 Å². The molecule has 0 atom stereocenters. The van der Waals surface area contributed by atoms with Gasteiger partial charge in [-0.2, -0.15) is 4.98 Å². The predicted octanol–water partition coefficient (Wildman–Crippen LogP) is 5.09. The van der Waals surface area contributed by atoms with E-state index in [2.05, 4.69) is 15.5 Å². The van der Waals surface area contributed by atoms with E-state index < -0.39 is 0 Å². The smallest absolute Gasteiger partial charge is 0.264 e. The summed E-state index contributed by atoms with van der Waals surface area (Å²) in [6.07, 6.45) is 0. The Bertz CT molecular complexity index is 1420. The van der Waals surface area contributed by atoms with Crippen molar-refractivity contribution < 1.29 is 9.32 Å². The molecule has 4 rings (SSSR count). The molecular weight excluding hydrogens is 440 g/mol. The minimum atomic E-state index is -0.370. The van der Waals surface area contributed by atoms with Gasteiger partial charge in [0.2, 0.25) is 11.7 Å². The van der Waals surface area contributed by atoms with E-state index in [9.17, 15) is 9.59 Å². The van der Waals surface area contributed by atoms with Crippen LogP contribution >= 0.6 is 11.6 Å². The average Bonchev–Trinajstić information content (AvgIpc) is 3.24. The highest BCUT2D eigenvalue weighted by atomic mass is 35.5. The molecule has 168 valence electrons. The van der Waals surface area contributed by atoms with Gasteiger partial charge in [0.15, 0.2) is 0 Å². The number of pyridine rings is 1. The normalized spacial score (nSPS) is 10.9. The Labute approximate surface area is 196 Å². The highest BCUT2D eigenvalue weighted by Gasteiger charge is 2.20. The van der Waals surface area contributed by atoms with E-state index in [-0.39, 0.29) is 29.5 Å². The molecule has 2 heterocycles. The van der Waals surface area contributed by atoms with E-state index >= 15 is 0 Å². The number of hydrogen-bond donors (Lipinski definition) is 1. The standard InChI is InChI=1S/C25H23ClN4O3/c1-14-7-5-10-20(17(14)4)27-21(31)13-30-16(3)11-15(2)22(25(30)32)24-28-23(29-33-24)18-8-6-9-19(26)12-18/h5-12H,13H2,1-4H3,(H,27,31). The molecule has 0 unspecified atom stereocenters. The number of halogens is 1. The van der Waals surface area contributed by atoms with Gasteiger partial charge < -0.3 is 14.4 Å². The van der Waals surface area contributed by atoms with Gasteiger partial charge in [0, 0.05) is 22.0 Å². The average molecular weight is 463 g/mol. The first kappa shape index (κ1) is 22.5. The van der Waals surface area contributed by atoms with Crippen molar-refractivity contribution >= 4 is 23.2 Å². The molecule has 7 nitrogen and oxygen atoms in total. The molecule has 0 aliphatic heterocycles. The highest BCUT2D eigenvalue weighted by molar-refractivity contribution is 6.30. The Balaban J connectivity index is 1.66. The van der Waals surface area contributed by atoms with E-state index in [0.717, 1.165) is 16.8 Å². The number of carbonyl (C=O) groups is 1. The fourth-order valence-electron chi connectivity index (χ4n) is 3.67. The van der Waals surface area contributed by atoms with Crippen LogP contribution in [-0.2, 0) is 11.3 Å². The number of rotatable bonds is 5. The van der Waals surface area contributed by atoms with E-state index in [1.54, 1.807) is 38.1 Å². The van der Waals surface area contributed by atoms with Gasteiger partial charge >= 0.3 is 0 Å². The van der Waals surface area contributed by atoms with Crippen molar-refractivity contribution in [2.24, 2.45) is 0 Å². The number of hydrogen-bond acceptors (Lipinski definition) is 5. The molecule has 0 fully saturated rings. The van der Waals surface area contributed by atoms with Crippen LogP contribution in [0.2, 0.25) is 5.02 Å². The fourth-order valence-corrected chi connectivity index (χ4v) is 3.86. The quantitative estimate of drug-likeness (QED) is 0.446. The lowest BCUT2D eigenvalue weighted by atomic mass is 10.1. The molecule has 4 aromatic rings. The summed E-state index contributed by atoms with van der Waals surface area (Å²) in [5.41, 5.74) is 4.70. The molecule has 0 aliphatic rings. The number of aromatic nitrogens is 3. The van der Waals surface area contributed by atoms with Crippen molar-refractivity contribution in [2.45, 2.75) is 34.2 Å². The van der Waals surface area contributed by atoms with Crippen LogP contribution in [0.25, 0.3) is 22.8 Å². The summed E-state index contributed by atoms with van der Waals surface area (Å²) in [6, 6.07) is 14.6. The number of anilines is 1. The number of amides is 1. The Morgan fingerprint density at radius 3 is 2.58 bits per heavy atom. The van der Waals surface area contributed by atoms with Gasteiger partial charge in [-0.3, -0.25) is 9.59 Å². The van der Waals surface area contributed by atoms with Crippen LogP contribution in [0.3, 0.4) is 0 Å². The number of nitrogens with zero attached hydrogens (tertiary/aromatic N) is 3. The van der Waals surface area contributed by atoms with Crippen molar-refractivity contribution in [1.29, 1.82) is 0 Å². The molecule has 0 saturated carbocycles. The Hall–Kier alpha value is -3.71. The van der Waals surface area contributed by atoms with Gasteiger partial charge in [0.05, 0.1) is 0 Å². The molecule has 2 aromatic carbocycles. The minimum Gasteiger partial charge on any atom is -0.333 e. The van der Waals surface area contributed by atoms with Gasteiger partial charge in [0.25, 0.3) is 11.4 Å². The Kier molecular flexibility index (Phi) is 6.16. The van der Waals surface area contributed by atoms with Crippen LogP contribution in [0, 0.1) is 27.7 Å². The fraction of sp³-hybridized carbons (Fsp3) is 0.200. The second-order valence-electron chi connectivity index (χ2n) is 7.96. The van der Waals surface area contributed by atoms with Gasteiger partial charge in [-0.05, 0) is 68.7 Å². The minimum absolute atomic E-state index is 0.0937. The number of benzene rings is 2. The molecular formula is C25H23ClN4O3. The Morgan fingerprint density at radius 2 is 1.82 bits per heavy atom. The summed E-state index contributed by atoms with van der Waals surface area (Å²) in [4.78, 5) is 30.5.